The molecule has 0 aliphatic heterocycles. The van der Waals surface area contributed by atoms with Gasteiger partial charge in [-0.25, -0.2) is 4.98 Å². The Morgan fingerprint density at radius 1 is 1.07 bits per heavy atom. The number of halogens is 3. The monoisotopic (exact) mass is 424 g/mol. The first-order valence-corrected chi connectivity index (χ1v) is 9.59. The summed E-state index contributed by atoms with van der Waals surface area (Å²) in [6.07, 6.45) is -1.03. The van der Waals surface area contributed by atoms with E-state index in [0.717, 1.165) is 12.3 Å². The van der Waals surface area contributed by atoms with Crippen LogP contribution in [-0.4, -0.2) is 36.8 Å². The van der Waals surface area contributed by atoms with Crippen molar-refractivity contribution >= 4 is 5.91 Å². The number of carbonyl (C=O) groups excluding carboxylic acids is 1. The summed E-state index contributed by atoms with van der Waals surface area (Å²) in [5.41, 5.74) is -0.807. The van der Waals surface area contributed by atoms with Gasteiger partial charge in [-0.3, -0.25) is 4.79 Å². The number of nitrogens with zero attached hydrogens (tertiary/aromatic N) is 1. The zero-order valence-corrected chi connectivity index (χ0v) is 16.4. The second-order valence-corrected chi connectivity index (χ2v) is 7.01. The van der Waals surface area contributed by atoms with Crippen LogP contribution >= 0.6 is 0 Å². The third-order valence-corrected chi connectivity index (χ3v) is 4.82. The highest BCUT2D eigenvalue weighted by Crippen LogP contribution is 2.30. The van der Waals surface area contributed by atoms with Crippen LogP contribution in [0.5, 0.6) is 17.4 Å². The van der Waals surface area contributed by atoms with Crippen LogP contribution in [0.1, 0.15) is 31.2 Å². The van der Waals surface area contributed by atoms with Gasteiger partial charge in [0.1, 0.15) is 17.6 Å². The summed E-state index contributed by atoms with van der Waals surface area (Å²) in [5, 5.41) is 2.94. The lowest BCUT2D eigenvalue weighted by atomic mass is 9.93. The van der Waals surface area contributed by atoms with Gasteiger partial charge in [0, 0.05) is 18.3 Å². The fourth-order valence-corrected chi connectivity index (χ4v) is 3.20. The molecule has 1 heterocycles. The standard InChI is InChI=1S/C21H23F3N2O4/c1-28-16-7-9-17(10-8-16)29-13-19(27)26-15-3-5-18(6-4-15)30-20-11-2-14(12-25-20)21(22,23)24/h2,7-12,15,18H,3-6,13H2,1H3,(H,26,27). The van der Waals surface area contributed by atoms with E-state index in [2.05, 4.69) is 10.3 Å². The quantitative estimate of drug-likeness (QED) is 0.728. The number of rotatable bonds is 7. The van der Waals surface area contributed by atoms with Gasteiger partial charge in [0.05, 0.1) is 12.7 Å². The molecule has 0 unspecified atom stereocenters. The van der Waals surface area contributed by atoms with E-state index in [1.54, 1.807) is 31.4 Å². The maximum absolute atomic E-state index is 12.6. The zero-order chi connectivity index (χ0) is 21.6. The number of nitrogens with one attached hydrogen (secondary N) is 1. The Hall–Kier alpha value is -2.97. The summed E-state index contributed by atoms with van der Waals surface area (Å²) in [6, 6.07) is 9.15. The van der Waals surface area contributed by atoms with Gasteiger partial charge in [-0.1, -0.05) is 0 Å². The van der Waals surface area contributed by atoms with Gasteiger partial charge in [0.25, 0.3) is 5.91 Å². The largest absolute Gasteiger partial charge is 0.497 e. The molecular weight excluding hydrogens is 401 g/mol. The highest BCUT2D eigenvalue weighted by atomic mass is 19.4. The van der Waals surface area contributed by atoms with Crippen molar-refractivity contribution < 1.29 is 32.2 Å². The second kappa shape index (κ2) is 9.69. The minimum Gasteiger partial charge on any atom is -0.497 e. The van der Waals surface area contributed by atoms with Gasteiger partial charge in [0.15, 0.2) is 6.61 Å². The third kappa shape index (κ3) is 6.27. The molecule has 0 bridgehead atoms. The fraction of sp³-hybridized carbons (Fsp3) is 0.429. The molecule has 1 saturated carbocycles. The Labute approximate surface area is 172 Å². The van der Waals surface area contributed by atoms with E-state index in [1.807, 2.05) is 0 Å². The van der Waals surface area contributed by atoms with Crippen molar-refractivity contribution in [2.75, 3.05) is 13.7 Å². The first-order valence-electron chi connectivity index (χ1n) is 9.59. The number of benzene rings is 1. The number of carbonyl (C=O) groups is 1. The molecule has 1 aliphatic rings. The third-order valence-electron chi connectivity index (χ3n) is 4.82. The van der Waals surface area contributed by atoms with Gasteiger partial charge in [-0.05, 0) is 56.0 Å². The first kappa shape index (κ1) is 21.7. The molecule has 1 aromatic heterocycles. The highest BCUT2D eigenvalue weighted by molar-refractivity contribution is 5.77. The average Bonchev–Trinajstić information content (AvgIpc) is 2.74. The van der Waals surface area contributed by atoms with Gasteiger partial charge in [0.2, 0.25) is 5.88 Å². The number of hydrogen-bond donors (Lipinski definition) is 1. The van der Waals surface area contributed by atoms with Gasteiger partial charge < -0.3 is 19.5 Å². The van der Waals surface area contributed by atoms with Crippen LogP contribution in [0.25, 0.3) is 0 Å². The number of hydrogen-bond acceptors (Lipinski definition) is 5. The Bertz CT molecular complexity index is 818. The van der Waals surface area contributed by atoms with E-state index in [-0.39, 0.29) is 30.5 Å². The minimum atomic E-state index is -4.42. The van der Waals surface area contributed by atoms with Crippen molar-refractivity contribution in [1.82, 2.24) is 10.3 Å². The Balaban J connectivity index is 1.38. The molecule has 1 N–H and O–H groups in total. The summed E-state index contributed by atoms with van der Waals surface area (Å²) in [7, 11) is 1.57. The van der Waals surface area contributed by atoms with Crippen LogP contribution in [-0.2, 0) is 11.0 Å². The van der Waals surface area contributed by atoms with Crippen LogP contribution < -0.4 is 19.5 Å². The van der Waals surface area contributed by atoms with E-state index in [4.69, 9.17) is 14.2 Å². The van der Waals surface area contributed by atoms with Crippen LogP contribution in [0.15, 0.2) is 42.6 Å². The number of aromatic nitrogens is 1. The number of ether oxygens (including phenoxy) is 3. The predicted octanol–water partition coefficient (Wildman–Crippen LogP) is 3.99. The summed E-state index contributed by atoms with van der Waals surface area (Å²) >= 11 is 0. The molecule has 6 nitrogen and oxygen atoms in total. The first-order chi connectivity index (χ1) is 14.3. The maximum Gasteiger partial charge on any atom is 0.417 e. The molecule has 1 amide bonds. The van der Waals surface area contributed by atoms with Crippen molar-refractivity contribution in [3.05, 3.63) is 48.2 Å². The van der Waals surface area contributed by atoms with Gasteiger partial charge in [-0.15, -0.1) is 0 Å². The minimum absolute atomic E-state index is 0.0115. The lowest BCUT2D eigenvalue weighted by molar-refractivity contribution is -0.137. The molecule has 2 aromatic rings. The highest BCUT2D eigenvalue weighted by Gasteiger charge is 2.31. The molecule has 0 spiro atoms. The lowest BCUT2D eigenvalue weighted by Gasteiger charge is -2.29. The van der Waals surface area contributed by atoms with E-state index in [1.165, 1.54) is 6.07 Å². The molecule has 0 saturated heterocycles. The van der Waals surface area contributed by atoms with Crippen LogP contribution in [0, 0.1) is 0 Å². The average molecular weight is 424 g/mol. The number of amides is 1. The van der Waals surface area contributed by atoms with Crippen LogP contribution in [0.4, 0.5) is 13.2 Å². The van der Waals surface area contributed by atoms with Gasteiger partial charge in [-0.2, -0.15) is 13.2 Å². The molecule has 1 aromatic carbocycles. The molecule has 162 valence electrons. The van der Waals surface area contributed by atoms with Crippen molar-refractivity contribution in [3.63, 3.8) is 0 Å². The predicted molar refractivity (Wildman–Crippen MR) is 103 cm³/mol. The maximum atomic E-state index is 12.6. The van der Waals surface area contributed by atoms with Crippen LogP contribution in [0.2, 0.25) is 0 Å². The summed E-state index contributed by atoms with van der Waals surface area (Å²) in [6.45, 7) is -0.0851. The van der Waals surface area contributed by atoms with Crippen molar-refractivity contribution in [3.8, 4) is 17.4 Å². The Morgan fingerprint density at radius 2 is 1.73 bits per heavy atom. The van der Waals surface area contributed by atoms with E-state index >= 15 is 0 Å². The van der Waals surface area contributed by atoms with Crippen molar-refractivity contribution in [1.29, 1.82) is 0 Å². The SMILES string of the molecule is COc1ccc(OCC(=O)NC2CCC(Oc3ccc(C(F)(F)F)cn3)CC2)cc1. The second-order valence-electron chi connectivity index (χ2n) is 7.01. The molecule has 3 rings (SSSR count). The molecule has 0 radical (unpaired) electrons. The normalized spacial score (nSPS) is 19.1. The van der Waals surface area contributed by atoms with E-state index < -0.39 is 11.7 Å². The summed E-state index contributed by atoms with van der Waals surface area (Å²) < 4.78 is 53.9. The zero-order valence-electron chi connectivity index (χ0n) is 16.4. The van der Waals surface area contributed by atoms with Crippen LogP contribution in [0.3, 0.4) is 0 Å². The van der Waals surface area contributed by atoms with Gasteiger partial charge >= 0.3 is 6.18 Å². The topological polar surface area (TPSA) is 69.7 Å². The molecule has 1 aliphatic carbocycles. The van der Waals surface area contributed by atoms with E-state index in [9.17, 15) is 18.0 Å². The van der Waals surface area contributed by atoms with Crippen molar-refractivity contribution in [2.24, 2.45) is 0 Å². The molecular formula is C21H23F3N2O4. The number of pyridine rings is 1. The molecule has 1 fully saturated rings. The molecule has 9 heteroatoms. The number of methoxy groups -OCH3 is 1. The summed E-state index contributed by atoms with van der Waals surface area (Å²) in [5.74, 6) is 1.24. The van der Waals surface area contributed by atoms with E-state index in [0.29, 0.717) is 37.2 Å². The Morgan fingerprint density at radius 3 is 2.30 bits per heavy atom. The molecule has 0 atom stereocenters. The smallest absolute Gasteiger partial charge is 0.417 e. The lowest BCUT2D eigenvalue weighted by Crippen LogP contribution is -2.41. The fourth-order valence-electron chi connectivity index (χ4n) is 3.20. The Kier molecular flexibility index (Phi) is 7.02. The van der Waals surface area contributed by atoms with Crippen molar-refractivity contribution in [2.45, 2.75) is 44.0 Å². The summed E-state index contributed by atoms with van der Waals surface area (Å²) in [4.78, 5) is 15.8. The number of alkyl halides is 3. The molecule has 30 heavy (non-hydrogen) atoms.